The van der Waals surface area contributed by atoms with E-state index >= 15 is 0 Å². The molecule has 1 aromatic heterocycles. The molecule has 3 rings (SSSR count). The van der Waals surface area contributed by atoms with Crippen LogP contribution in [0.15, 0.2) is 22.8 Å². The molecule has 2 aliphatic rings. The van der Waals surface area contributed by atoms with E-state index in [-0.39, 0.29) is 5.91 Å². The number of rotatable bonds is 4. The summed E-state index contributed by atoms with van der Waals surface area (Å²) >= 11 is 0. The molecule has 0 spiro atoms. The van der Waals surface area contributed by atoms with Crippen molar-refractivity contribution in [2.75, 3.05) is 19.6 Å². The molecule has 0 bridgehead atoms. The topological polar surface area (TPSA) is 45.5 Å². The first-order valence-corrected chi connectivity index (χ1v) is 7.86. The minimum atomic E-state index is 0.277. The van der Waals surface area contributed by atoms with Crippen LogP contribution in [0, 0.1) is 5.92 Å². The number of hydrogen-bond donors (Lipinski definition) is 1. The van der Waals surface area contributed by atoms with E-state index in [0.29, 0.717) is 12.5 Å². The highest BCUT2D eigenvalue weighted by atomic mass is 16.3. The van der Waals surface area contributed by atoms with Gasteiger partial charge in [-0.15, -0.1) is 0 Å². The monoisotopic (exact) mass is 276 g/mol. The maximum absolute atomic E-state index is 12.2. The lowest BCUT2D eigenvalue weighted by molar-refractivity contribution is -0.132. The predicted octanol–water partition coefficient (Wildman–Crippen LogP) is 2.20. The summed E-state index contributed by atoms with van der Waals surface area (Å²) in [7, 11) is 0. The fraction of sp³-hybridized carbons (Fsp3) is 0.688. The third kappa shape index (κ3) is 3.23. The minimum absolute atomic E-state index is 0.277. The summed E-state index contributed by atoms with van der Waals surface area (Å²) in [6.45, 7) is 3.03. The van der Waals surface area contributed by atoms with Gasteiger partial charge >= 0.3 is 0 Å². The lowest BCUT2D eigenvalue weighted by Gasteiger charge is -2.35. The van der Waals surface area contributed by atoms with Crippen molar-refractivity contribution in [1.82, 2.24) is 10.2 Å². The Morgan fingerprint density at radius 1 is 1.35 bits per heavy atom. The summed E-state index contributed by atoms with van der Waals surface area (Å²) in [5.74, 6) is 1.95. The van der Waals surface area contributed by atoms with Crippen LogP contribution in [0.3, 0.4) is 0 Å². The van der Waals surface area contributed by atoms with Gasteiger partial charge in [0.2, 0.25) is 5.91 Å². The molecule has 20 heavy (non-hydrogen) atoms. The Morgan fingerprint density at radius 3 is 2.85 bits per heavy atom. The zero-order valence-electron chi connectivity index (χ0n) is 12.0. The average Bonchev–Trinajstić information content (AvgIpc) is 3.18. The average molecular weight is 276 g/mol. The van der Waals surface area contributed by atoms with Crippen molar-refractivity contribution in [1.29, 1.82) is 0 Å². The van der Waals surface area contributed by atoms with E-state index in [2.05, 4.69) is 5.32 Å². The zero-order valence-corrected chi connectivity index (χ0v) is 12.0. The first-order valence-electron chi connectivity index (χ1n) is 7.86. The Hall–Kier alpha value is -1.29. The van der Waals surface area contributed by atoms with Crippen LogP contribution >= 0.6 is 0 Å². The second-order valence-corrected chi connectivity index (χ2v) is 6.00. The minimum Gasteiger partial charge on any atom is -0.469 e. The van der Waals surface area contributed by atoms with Gasteiger partial charge in [-0.2, -0.15) is 0 Å². The number of carbonyl (C=O) groups excluding carboxylic acids is 1. The van der Waals surface area contributed by atoms with E-state index in [1.54, 1.807) is 6.26 Å². The molecule has 2 saturated heterocycles. The van der Waals surface area contributed by atoms with E-state index in [1.807, 2.05) is 17.0 Å². The lowest BCUT2D eigenvalue weighted by Crippen LogP contribution is -2.43. The van der Waals surface area contributed by atoms with Gasteiger partial charge in [-0.05, 0) is 50.3 Å². The van der Waals surface area contributed by atoms with Crippen LogP contribution in [0.1, 0.15) is 37.9 Å². The van der Waals surface area contributed by atoms with Crippen molar-refractivity contribution >= 4 is 5.91 Å². The Bertz CT molecular complexity index is 416. The molecule has 1 unspecified atom stereocenters. The first kappa shape index (κ1) is 13.7. The van der Waals surface area contributed by atoms with Crippen LogP contribution in [-0.4, -0.2) is 36.5 Å². The molecule has 0 saturated carbocycles. The Labute approximate surface area is 120 Å². The van der Waals surface area contributed by atoms with Gasteiger partial charge in [-0.1, -0.05) is 0 Å². The maximum Gasteiger partial charge on any atom is 0.223 e. The summed E-state index contributed by atoms with van der Waals surface area (Å²) in [5, 5.41) is 3.60. The zero-order chi connectivity index (χ0) is 13.8. The smallest absolute Gasteiger partial charge is 0.223 e. The SMILES string of the molecule is O=C(CCc1ccco1)N1CCC(C2CCCN2)CC1. The molecular weight excluding hydrogens is 252 g/mol. The van der Waals surface area contributed by atoms with Crippen LogP contribution in [0.2, 0.25) is 0 Å². The van der Waals surface area contributed by atoms with Crippen molar-refractivity contribution in [3.63, 3.8) is 0 Å². The third-order valence-corrected chi connectivity index (χ3v) is 4.73. The highest BCUT2D eigenvalue weighted by Gasteiger charge is 2.29. The van der Waals surface area contributed by atoms with Gasteiger partial charge in [0.05, 0.1) is 6.26 Å². The van der Waals surface area contributed by atoms with Crippen LogP contribution in [-0.2, 0) is 11.2 Å². The largest absolute Gasteiger partial charge is 0.469 e. The van der Waals surface area contributed by atoms with Gasteiger partial charge in [0.1, 0.15) is 5.76 Å². The van der Waals surface area contributed by atoms with Gasteiger partial charge in [0.15, 0.2) is 0 Å². The molecule has 2 fully saturated rings. The predicted molar refractivity (Wildman–Crippen MR) is 77.4 cm³/mol. The number of likely N-dealkylation sites (tertiary alicyclic amines) is 1. The molecular formula is C16H24N2O2. The van der Waals surface area contributed by atoms with E-state index in [9.17, 15) is 4.79 Å². The number of aryl methyl sites for hydroxylation is 1. The summed E-state index contributed by atoms with van der Waals surface area (Å²) in [4.78, 5) is 14.2. The molecule has 1 amide bonds. The number of hydrogen-bond acceptors (Lipinski definition) is 3. The Balaban J connectivity index is 1.41. The third-order valence-electron chi connectivity index (χ3n) is 4.73. The second-order valence-electron chi connectivity index (χ2n) is 6.00. The molecule has 110 valence electrons. The molecule has 1 aromatic rings. The van der Waals surface area contributed by atoms with Crippen molar-refractivity contribution in [2.45, 2.75) is 44.6 Å². The van der Waals surface area contributed by atoms with Crippen LogP contribution in [0.4, 0.5) is 0 Å². The second kappa shape index (κ2) is 6.44. The lowest BCUT2D eigenvalue weighted by atomic mass is 9.88. The molecule has 1 N–H and O–H groups in total. The molecule has 4 nitrogen and oxygen atoms in total. The normalized spacial score (nSPS) is 24.2. The summed E-state index contributed by atoms with van der Waals surface area (Å²) in [6, 6.07) is 4.51. The Morgan fingerprint density at radius 2 is 2.20 bits per heavy atom. The highest BCUT2D eigenvalue weighted by Crippen LogP contribution is 2.26. The van der Waals surface area contributed by atoms with E-state index in [4.69, 9.17) is 4.42 Å². The first-order chi connectivity index (χ1) is 9.83. The van der Waals surface area contributed by atoms with Crippen LogP contribution in [0.25, 0.3) is 0 Å². The molecule has 4 heteroatoms. The molecule has 3 heterocycles. The molecule has 2 aliphatic heterocycles. The van der Waals surface area contributed by atoms with Gasteiger partial charge in [-0.25, -0.2) is 0 Å². The fourth-order valence-electron chi connectivity index (χ4n) is 3.51. The van der Waals surface area contributed by atoms with Crippen LogP contribution < -0.4 is 5.32 Å². The van der Waals surface area contributed by atoms with E-state index in [0.717, 1.165) is 44.0 Å². The van der Waals surface area contributed by atoms with Crippen molar-refractivity contribution in [3.05, 3.63) is 24.2 Å². The summed E-state index contributed by atoms with van der Waals surface area (Å²) in [6.07, 6.45) is 7.90. The number of amides is 1. The number of nitrogens with one attached hydrogen (secondary N) is 1. The number of furan rings is 1. The fourth-order valence-corrected chi connectivity index (χ4v) is 3.51. The molecule has 0 aliphatic carbocycles. The quantitative estimate of drug-likeness (QED) is 0.917. The number of nitrogens with zero attached hydrogens (tertiary/aromatic N) is 1. The maximum atomic E-state index is 12.2. The van der Waals surface area contributed by atoms with Crippen molar-refractivity contribution in [3.8, 4) is 0 Å². The van der Waals surface area contributed by atoms with E-state index in [1.165, 1.54) is 19.4 Å². The van der Waals surface area contributed by atoms with Crippen molar-refractivity contribution in [2.24, 2.45) is 5.92 Å². The van der Waals surface area contributed by atoms with Gasteiger partial charge in [0.25, 0.3) is 0 Å². The standard InChI is InChI=1S/C16H24N2O2/c19-16(6-5-14-3-2-12-20-14)18-10-7-13(8-11-18)15-4-1-9-17-15/h2-3,12-13,15,17H,1,4-11H2. The number of carbonyl (C=O) groups is 1. The molecule has 1 atom stereocenters. The van der Waals surface area contributed by atoms with Gasteiger partial charge in [0, 0.05) is 32.0 Å². The Kier molecular flexibility index (Phi) is 4.41. The van der Waals surface area contributed by atoms with Gasteiger partial charge in [-0.3, -0.25) is 4.79 Å². The number of piperidine rings is 1. The molecule has 0 aromatic carbocycles. The van der Waals surface area contributed by atoms with Crippen molar-refractivity contribution < 1.29 is 9.21 Å². The summed E-state index contributed by atoms with van der Waals surface area (Å²) < 4.78 is 5.28. The molecule has 0 radical (unpaired) electrons. The van der Waals surface area contributed by atoms with E-state index < -0.39 is 0 Å². The summed E-state index contributed by atoms with van der Waals surface area (Å²) in [5.41, 5.74) is 0. The van der Waals surface area contributed by atoms with Crippen LogP contribution in [0.5, 0.6) is 0 Å². The van der Waals surface area contributed by atoms with Gasteiger partial charge < -0.3 is 14.6 Å². The highest BCUT2D eigenvalue weighted by molar-refractivity contribution is 5.76.